The minimum Gasteiger partial charge on any atom is -0.397 e. The van der Waals surface area contributed by atoms with E-state index in [-0.39, 0.29) is 17.5 Å². The minimum atomic E-state index is -0.379. The molecule has 7 N–H and O–H groups in total. The molecule has 4 heterocycles. The number of amides is 2. The third-order valence-electron chi connectivity index (χ3n) is 7.19. The molecule has 0 aliphatic carbocycles. The summed E-state index contributed by atoms with van der Waals surface area (Å²) >= 11 is 6.81. The van der Waals surface area contributed by atoms with Crippen LogP contribution < -0.4 is 16.4 Å². The van der Waals surface area contributed by atoms with E-state index >= 15 is 0 Å². The van der Waals surface area contributed by atoms with Gasteiger partial charge < -0.3 is 25.9 Å². The molecule has 49 heavy (non-hydrogen) atoms. The molecule has 0 unspecified atom stereocenters. The van der Waals surface area contributed by atoms with Gasteiger partial charge >= 0.3 is 0 Å². The fraction of sp³-hybridized carbons (Fsp3) is 0. The highest BCUT2D eigenvalue weighted by molar-refractivity contribution is 9.10. The first-order chi connectivity index (χ1) is 23.8. The third kappa shape index (κ3) is 6.62. The van der Waals surface area contributed by atoms with E-state index in [0.29, 0.717) is 56.5 Å². The molecule has 242 valence electrons. The molecule has 18 heteroatoms. The summed E-state index contributed by atoms with van der Waals surface area (Å²) in [4.78, 5) is 28.3. The van der Waals surface area contributed by atoms with Crippen LogP contribution in [0.3, 0.4) is 0 Å². The number of nitrogens with two attached hydrogens (primary N) is 1. The monoisotopic (exact) mass is 781 g/mol. The van der Waals surface area contributed by atoms with Gasteiger partial charge in [-0.25, -0.2) is 10.2 Å². The van der Waals surface area contributed by atoms with Crippen molar-refractivity contribution in [1.29, 1.82) is 0 Å². The molecule has 0 saturated carbocycles. The second-order valence-electron chi connectivity index (χ2n) is 10.3. The summed E-state index contributed by atoms with van der Waals surface area (Å²) in [5, 5.41) is 38.5. The van der Waals surface area contributed by atoms with Gasteiger partial charge in [-0.2, -0.15) is 0 Å². The first kappa shape index (κ1) is 31.3. The molecular weight excluding hydrogens is 762 g/mol. The highest BCUT2D eigenvalue weighted by Gasteiger charge is 2.19. The number of para-hydroxylation sites is 2. The lowest BCUT2D eigenvalue weighted by molar-refractivity contribution is 0.101. The van der Waals surface area contributed by atoms with E-state index in [4.69, 9.17) is 10.3 Å². The SMILES string of the molecule is Nc1cccc2cc(C(=O)Nc3ccc(Br)cc3-c3nnn[nH]3)[nH]c12.O=C(Nc1ccc(Br)cc1-c1nnn[nH]1)c1noc2ccccc12. The third-order valence-corrected chi connectivity index (χ3v) is 8.17. The smallest absolute Gasteiger partial charge is 0.278 e. The van der Waals surface area contributed by atoms with Gasteiger partial charge in [0.2, 0.25) is 0 Å². The Morgan fingerprint density at radius 1 is 0.735 bits per heavy atom. The number of nitrogen functional groups attached to an aromatic ring is 1. The summed E-state index contributed by atoms with van der Waals surface area (Å²) in [6.07, 6.45) is 0. The highest BCUT2D eigenvalue weighted by Crippen LogP contribution is 2.31. The van der Waals surface area contributed by atoms with Crippen LogP contribution in [0.15, 0.2) is 98.4 Å². The Balaban J connectivity index is 0.000000154. The van der Waals surface area contributed by atoms with Gasteiger partial charge in [-0.3, -0.25) is 9.59 Å². The average Bonchev–Trinajstić information content (AvgIpc) is 3.94. The number of H-pyrrole nitrogens is 3. The average molecular weight is 783 g/mol. The van der Waals surface area contributed by atoms with Gasteiger partial charge in [-0.05, 0) is 81.5 Å². The van der Waals surface area contributed by atoms with Crippen molar-refractivity contribution in [3.63, 3.8) is 0 Å². The predicted molar refractivity (Wildman–Crippen MR) is 187 cm³/mol. The van der Waals surface area contributed by atoms with Crippen molar-refractivity contribution in [1.82, 2.24) is 51.4 Å². The van der Waals surface area contributed by atoms with Gasteiger partial charge in [0.1, 0.15) is 5.69 Å². The first-order valence-electron chi connectivity index (χ1n) is 14.3. The number of carbonyl (C=O) groups excluding carboxylic acids is 2. The largest absolute Gasteiger partial charge is 0.397 e. The molecule has 4 aromatic carbocycles. The van der Waals surface area contributed by atoms with Crippen molar-refractivity contribution in [3.8, 4) is 22.8 Å². The first-order valence-corrected chi connectivity index (χ1v) is 15.8. The predicted octanol–water partition coefficient (Wildman–Crippen LogP) is 5.97. The summed E-state index contributed by atoms with van der Waals surface area (Å²) in [7, 11) is 0. The zero-order valence-corrected chi connectivity index (χ0v) is 27.9. The number of benzene rings is 4. The van der Waals surface area contributed by atoms with Crippen LogP contribution in [0.1, 0.15) is 21.0 Å². The Morgan fingerprint density at radius 2 is 1.37 bits per heavy atom. The van der Waals surface area contributed by atoms with Crippen LogP contribution in [-0.4, -0.2) is 63.2 Å². The van der Waals surface area contributed by atoms with Crippen molar-refractivity contribution in [3.05, 3.63) is 105 Å². The number of hydrogen-bond acceptors (Lipinski definition) is 11. The van der Waals surface area contributed by atoms with Crippen molar-refractivity contribution in [2.24, 2.45) is 0 Å². The van der Waals surface area contributed by atoms with E-state index in [1.807, 2.05) is 42.5 Å². The molecule has 0 fully saturated rings. The zero-order chi connectivity index (χ0) is 33.9. The topological polar surface area (TPSA) is 235 Å². The Labute approximate surface area is 291 Å². The quantitative estimate of drug-likeness (QED) is 0.108. The molecule has 2 amide bonds. The lowest BCUT2D eigenvalue weighted by Gasteiger charge is -2.09. The number of nitrogens with zero attached hydrogens (tertiary/aromatic N) is 7. The van der Waals surface area contributed by atoms with Gasteiger partial charge in [0.25, 0.3) is 11.8 Å². The lowest BCUT2D eigenvalue weighted by Crippen LogP contribution is -2.13. The van der Waals surface area contributed by atoms with E-state index in [1.54, 1.807) is 42.5 Å². The summed E-state index contributed by atoms with van der Waals surface area (Å²) in [5.41, 5.74) is 10.9. The number of fused-ring (bicyclic) bond motifs is 2. The molecule has 0 radical (unpaired) electrons. The van der Waals surface area contributed by atoms with Crippen molar-refractivity contribution in [2.75, 3.05) is 16.4 Å². The van der Waals surface area contributed by atoms with Crippen LogP contribution in [0.25, 0.3) is 44.6 Å². The van der Waals surface area contributed by atoms with E-state index in [2.05, 4.69) is 93.9 Å². The van der Waals surface area contributed by atoms with Gasteiger partial charge in [0.05, 0.1) is 28.0 Å². The Kier molecular flexibility index (Phi) is 8.60. The number of halogens is 2. The molecule has 0 aliphatic rings. The Morgan fingerprint density at radius 3 is 1.98 bits per heavy atom. The van der Waals surface area contributed by atoms with Crippen LogP contribution in [0.4, 0.5) is 17.1 Å². The summed E-state index contributed by atoms with van der Waals surface area (Å²) in [6.45, 7) is 0. The number of aromatic amines is 3. The number of rotatable bonds is 6. The summed E-state index contributed by atoms with van der Waals surface area (Å²) in [6, 6.07) is 25.2. The van der Waals surface area contributed by atoms with E-state index in [9.17, 15) is 9.59 Å². The standard InChI is InChI=1S/C16H12BrN7O.C15H9BrN6O2/c17-9-4-5-12(10(7-9)15-21-23-24-22-15)20-16(25)13-6-8-2-1-3-11(18)14(8)19-13;16-8-5-6-11(10(7-8)14-18-21-22-19-14)17-15(23)13-9-3-1-2-4-12(9)24-20-13/h1-7,19H,18H2,(H,20,25)(H,21,22,23,24);1-7H,(H,17,23)(H,18,19,21,22). The van der Waals surface area contributed by atoms with Gasteiger partial charge in [-0.15, -0.1) is 10.2 Å². The van der Waals surface area contributed by atoms with Crippen molar-refractivity contribution < 1.29 is 14.1 Å². The van der Waals surface area contributed by atoms with Crippen LogP contribution in [0.5, 0.6) is 0 Å². The number of carbonyl (C=O) groups is 2. The number of tetrazole rings is 2. The number of hydrogen-bond donors (Lipinski definition) is 6. The fourth-order valence-corrected chi connectivity index (χ4v) is 5.63. The number of nitrogens with one attached hydrogen (secondary N) is 5. The maximum absolute atomic E-state index is 12.6. The Hall–Kier alpha value is -6.27. The summed E-state index contributed by atoms with van der Waals surface area (Å²) < 4.78 is 6.85. The van der Waals surface area contributed by atoms with E-state index < -0.39 is 0 Å². The lowest BCUT2D eigenvalue weighted by atomic mass is 10.1. The van der Waals surface area contributed by atoms with Crippen LogP contribution in [-0.2, 0) is 0 Å². The maximum atomic E-state index is 12.6. The molecule has 16 nitrogen and oxygen atoms in total. The van der Waals surface area contributed by atoms with Gasteiger partial charge in [0, 0.05) is 25.5 Å². The van der Waals surface area contributed by atoms with Gasteiger partial charge in [0.15, 0.2) is 22.9 Å². The molecule has 8 rings (SSSR count). The molecule has 0 spiro atoms. The fourth-order valence-electron chi connectivity index (χ4n) is 4.91. The Bertz CT molecular complexity index is 2440. The highest BCUT2D eigenvalue weighted by atomic mass is 79.9. The molecule has 8 aromatic rings. The summed E-state index contributed by atoms with van der Waals surface area (Å²) in [5.74, 6) is 0.233. The van der Waals surface area contributed by atoms with E-state index in [1.165, 1.54) is 0 Å². The second-order valence-corrected chi connectivity index (χ2v) is 12.1. The van der Waals surface area contributed by atoms with Gasteiger partial charge in [-0.1, -0.05) is 61.3 Å². The molecule has 4 aromatic heterocycles. The molecule has 0 bridgehead atoms. The second kappa shape index (κ2) is 13.5. The molecule has 0 atom stereocenters. The number of aromatic nitrogens is 10. The van der Waals surface area contributed by atoms with Crippen LogP contribution in [0, 0.1) is 0 Å². The van der Waals surface area contributed by atoms with Crippen LogP contribution >= 0.6 is 31.9 Å². The normalized spacial score (nSPS) is 10.9. The number of anilines is 3. The molecule has 0 saturated heterocycles. The minimum absolute atomic E-state index is 0.218. The molecule has 0 aliphatic heterocycles. The van der Waals surface area contributed by atoms with Crippen molar-refractivity contribution in [2.45, 2.75) is 0 Å². The van der Waals surface area contributed by atoms with E-state index in [0.717, 1.165) is 19.8 Å². The zero-order valence-electron chi connectivity index (χ0n) is 24.8. The van der Waals surface area contributed by atoms with Crippen LogP contribution in [0.2, 0.25) is 0 Å². The maximum Gasteiger partial charge on any atom is 0.278 e. The van der Waals surface area contributed by atoms with Crippen molar-refractivity contribution >= 4 is 82.6 Å². The molecular formula is C31H21Br2N13O3.